The summed E-state index contributed by atoms with van der Waals surface area (Å²) in [7, 11) is -4.05. The molecule has 0 unspecified atom stereocenters. The molecule has 0 aliphatic rings. The number of rotatable bonds is 5. The highest BCUT2D eigenvalue weighted by molar-refractivity contribution is 7.93. The molecule has 1 N–H and O–H groups in total. The fourth-order valence-corrected chi connectivity index (χ4v) is 5.92. The highest BCUT2D eigenvalue weighted by Crippen LogP contribution is 2.40. The molecule has 3 aromatic carbocycles. The summed E-state index contributed by atoms with van der Waals surface area (Å²) in [5, 5.41) is 10.9. The topological polar surface area (TPSA) is 74.7 Å². The van der Waals surface area contributed by atoms with Gasteiger partial charge in [0.15, 0.2) is 0 Å². The summed E-state index contributed by atoms with van der Waals surface area (Å²) in [6.45, 7) is 1.64. The molecule has 29 heavy (non-hydrogen) atoms. The van der Waals surface area contributed by atoms with E-state index in [-0.39, 0.29) is 10.5 Å². The molecule has 0 amide bonds. The van der Waals surface area contributed by atoms with Crippen molar-refractivity contribution in [2.45, 2.75) is 11.8 Å². The number of carboxylic acid groups (broad SMARTS) is 1. The molecule has 0 atom stereocenters. The van der Waals surface area contributed by atoms with Gasteiger partial charge in [-0.2, -0.15) is 0 Å². The molecule has 5 nitrogen and oxygen atoms in total. The molecule has 0 fully saturated rings. The van der Waals surface area contributed by atoms with Crippen molar-refractivity contribution in [3.63, 3.8) is 0 Å². The largest absolute Gasteiger partial charge is 0.478 e. The standard InChI is InChI=1S/C22H17NO4S2/c1-15-11-12-18(14-19(15)22(24)25)29(26,27)23(17-8-3-2-4-9-17)21-13-16-7-5-6-10-20(16)28-21/h2-14H,1H3,(H,24,25). The number of hydrogen-bond donors (Lipinski definition) is 1. The van der Waals surface area contributed by atoms with Gasteiger partial charge in [-0.25, -0.2) is 17.5 Å². The summed E-state index contributed by atoms with van der Waals surface area (Å²) in [4.78, 5) is 11.5. The van der Waals surface area contributed by atoms with Gasteiger partial charge in [0.2, 0.25) is 0 Å². The third-order valence-corrected chi connectivity index (χ3v) is 7.54. The lowest BCUT2D eigenvalue weighted by molar-refractivity contribution is 0.0696. The predicted molar refractivity (Wildman–Crippen MR) is 116 cm³/mol. The van der Waals surface area contributed by atoms with E-state index in [2.05, 4.69) is 0 Å². The van der Waals surface area contributed by atoms with Crippen molar-refractivity contribution < 1.29 is 18.3 Å². The smallest absolute Gasteiger partial charge is 0.335 e. The maximum atomic E-state index is 13.6. The minimum atomic E-state index is -4.05. The third-order valence-electron chi connectivity index (χ3n) is 4.58. The SMILES string of the molecule is Cc1ccc(S(=O)(=O)N(c2ccccc2)c2cc3ccccc3s2)cc1C(=O)O. The number of nitrogens with zero attached hydrogens (tertiary/aromatic N) is 1. The van der Waals surface area contributed by atoms with Gasteiger partial charge >= 0.3 is 5.97 Å². The van der Waals surface area contributed by atoms with Crippen LogP contribution in [0.1, 0.15) is 15.9 Å². The number of thiophene rings is 1. The number of carboxylic acids is 1. The fraction of sp³-hybridized carbons (Fsp3) is 0.0455. The molecule has 146 valence electrons. The van der Waals surface area contributed by atoms with E-state index >= 15 is 0 Å². The lowest BCUT2D eigenvalue weighted by Crippen LogP contribution is -2.25. The van der Waals surface area contributed by atoms with Gasteiger partial charge in [-0.15, -0.1) is 11.3 Å². The monoisotopic (exact) mass is 423 g/mol. The Morgan fingerprint density at radius 3 is 2.31 bits per heavy atom. The second-order valence-electron chi connectivity index (χ2n) is 6.51. The maximum absolute atomic E-state index is 13.6. The second kappa shape index (κ2) is 7.35. The molecule has 0 aliphatic heterocycles. The Kier molecular flexibility index (Phi) is 4.86. The Balaban J connectivity index is 1.93. The van der Waals surface area contributed by atoms with Crippen LogP contribution >= 0.6 is 11.3 Å². The molecule has 1 heterocycles. The van der Waals surface area contributed by atoms with Crippen LogP contribution in [0.25, 0.3) is 10.1 Å². The molecule has 0 spiro atoms. The van der Waals surface area contributed by atoms with Crippen molar-refractivity contribution >= 4 is 48.1 Å². The van der Waals surface area contributed by atoms with Crippen LogP contribution in [-0.4, -0.2) is 19.5 Å². The highest BCUT2D eigenvalue weighted by Gasteiger charge is 2.29. The number of anilines is 2. The van der Waals surface area contributed by atoms with Crippen LogP contribution < -0.4 is 4.31 Å². The number of carbonyl (C=O) groups is 1. The van der Waals surface area contributed by atoms with Gasteiger partial charge in [0, 0.05) is 4.70 Å². The summed E-state index contributed by atoms with van der Waals surface area (Å²) in [6, 6.07) is 22.5. The number of hydrogen-bond acceptors (Lipinski definition) is 4. The van der Waals surface area contributed by atoms with Gasteiger partial charge in [0.1, 0.15) is 5.00 Å². The Labute approximate surface area is 172 Å². The van der Waals surface area contributed by atoms with Crippen LogP contribution in [0.4, 0.5) is 10.7 Å². The molecule has 0 saturated heterocycles. The summed E-state index contributed by atoms with van der Waals surface area (Å²) in [5.41, 5.74) is 0.955. The van der Waals surface area contributed by atoms with Gasteiger partial charge in [-0.05, 0) is 54.3 Å². The van der Waals surface area contributed by atoms with Crippen molar-refractivity contribution in [3.05, 3.63) is 90.0 Å². The highest BCUT2D eigenvalue weighted by atomic mass is 32.2. The lowest BCUT2D eigenvalue weighted by atomic mass is 10.1. The van der Waals surface area contributed by atoms with E-state index < -0.39 is 16.0 Å². The Morgan fingerprint density at radius 2 is 1.62 bits per heavy atom. The molecule has 1 aromatic heterocycles. The summed E-state index contributed by atoms with van der Waals surface area (Å²) < 4.78 is 29.5. The van der Waals surface area contributed by atoms with Gasteiger partial charge in [0.25, 0.3) is 10.0 Å². The normalized spacial score (nSPS) is 11.5. The van der Waals surface area contributed by atoms with Crippen molar-refractivity contribution in [1.29, 1.82) is 0 Å². The number of para-hydroxylation sites is 1. The van der Waals surface area contributed by atoms with E-state index in [9.17, 15) is 18.3 Å². The number of aryl methyl sites for hydroxylation is 1. The number of aromatic carboxylic acids is 1. The van der Waals surface area contributed by atoms with E-state index in [1.54, 1.807) is 31.2 Å². The van der Waals surface area contributed by atoms with Gasteiger partial charge in [0.05, 0.1) is 16.1 Å². The molecule has 0 saturated carbocycles. The van der Waals surface area contributed by atoms with Crippen molar-refractivity contribution in [3.8, 4) is 0 Å². The zero-order chi connectivity index (χ0) is 20.6. The van der Waals surface area contributed by atoms with Crippen LogP contribution in [0.3, 0.4) is 0 Å². The first-order valence-electron chi connectivity index (χ1n) is 8.81. The number of fused-ring (bicyclic) bond motifs is 1. The first-order valence-corrected chi connectivity index (χ1v) is 11.1. The van der Waals surface area contributed by atoms with Crippen LogP contribution in [-0.2, 0) is 10.0 Å². The van der Waals surface area contributed by atoms with Gasteiger partial charge in [-0.1, -0.05) is 42.5 Å². The van der Waals surface area contributed by atoms with Crippen molar-refractivity contribution in [1.82, 2.24) is 0 Å². The quantitative estimate of drug-likeness (QED) is 0.464. The second-order valence-corrected chi connectivity index (χ2v) is 9.36. The molecule has 4 rings (SSSR count). The zero-order valence-corrected chi connectivity index (χ0v) is 17.1. The Morgan fingerprint density at radius 1 is 0.931 bits per heavy atom. The number of sulfonamides is 1. The predicted octanol–water partition coefficient (Wildman–Crippen LogP) is 5.43. The average molecular weight is 424 g/mol. The number of benzene rings is 3. The molecular weight excluding hydrogens is 406 g/mol. The summed E-state index contributed by atoms with van der Waals surface area (Å²) in [6.07, 6.45) is 0. The van der Waals surface area contributed by atoms with Crippen molar-refractivity contribution in [2.75, 3.05) is 4.31 Å². The zero-order valence-electron chi connectivity index (χ0n) is 15.4. The molecule has 4 aromatic rings. The van der Waals surface area contributed by atoms with Crippen molar-refractivity contribution in [2.24, 2.45) is 0 Å². The van der Waals surface area contributed by atoms with E-state index in [1.807, 2.05) is 36.4 Å². The van der Waals surface area contributed by atoms with E-state index in [1.165, 1.54) is 33.8 Å². The average Bonchev–Trinajstić information content (AvgIpc) is 3.12. The lowest BCUT2D eigenvalue weighted by Gasteiger charge is -2.23. The minimum absolute atomic E-state index is 0.0320. The molecule has 0 radical (unpaired) electrons. The van der Waals surface area contributed by atoms with Gasteiger partial charge in [-0.3, -0.25) is 0 Å². The summed E-state index contributed by atoms with van der Waals surface area (Å²) in [5.74, 6) is -1.16. The van der Waals surface area contributed by atoms with Crippen LogP contribution in [0.15, 0.2) is 83.8 Å². The maximum Gasteiger partial charge on any atom is 0.335 e. The molecule has 7 heteroatoms. The van der Waals surface area contributed by atoms with E-state index in [4.69, 9.17) is 0 Å². The summed E-state index contributed by atoms with van der Waals surface area (Å²) >= 11 is 1.37. The fourth-order valence-electron chi connectivity index (χ4n) is 3.11. The van der Waals surface area contributed by atoms with Crippen LogP contribution in [0.5, 0.6) is 0 Å². The molecule has 0 aliphatic carbocycles. The molecule has 0 bridgehead atoms. The molecular formula is C22H17NO4S2. The minimum Gasteiger partial charge on any atom is -0.478 e. The van der Waals surface area contributed by atoms with Gasteiger partial charge < -0.3 is 5.11 Å². The third kappa shape index (κ3) is 3.50. The Hall–Kier alpha value is -3.16. The first-order chi connectivity index (χ1) is 13.9. The van der Waals surface area contributed by atoms with E-state index in [0.29, 0.717) is 16.3 Å². The van der Waals surface area contributed by atoms with Crippen LogP contribution in [0.2, 0.25) is 0 Å². The van der Waals surface area contributed by atoms with E-state index in [0.717, 1.165) is 10.1 Å². The van der Waals surface area contributed by atoms with Crippen LogP contribution in [0, 0.1) is 6.92 Å². The first kappa shape index (κ1) is 19.2. The Bertz CT molecular complexity index is 1280.